The van der Waals surface area contributed by atoms with E-state index >= 15 is 0 Å². The standard InChI is InChI=1S/C12H17BrN2O2/c1-8(2)5-14-11(16)7-15-6-10(13)4-9(3)12(15)17/h4,6,8H,5,7H2,1-3H3,(H,14,16). The highest BCUT2D eigenvalue weighted by molar-refractivity contribution is 9.10. The first-order valence-corrected chi connectivity index (χ1v) is 6.32. The van der Waals surface area contributed by atoms with Crippen molar-refractivity contribution in [2.24, 2.45) is 5.92 Å². The third-order valence-electron chi connectivity index (χ3n) is 2.25. The van der Waals surface area contributed by atoms with Crippen molar-refractivity contribution in [2.45, 2.75) is 27.3 Å². The number of aromatic nitrogens is 1. The maximum absolute atomic E-state index is 11.8. The highest BCUT2D eigenvalue weighted by Gasteiger charge is 2.07. The van der Waals surface area contributed by atoms with E-state index in [9.17, 15) is 9.59 Å². The number of hydrogen-bond donors (Lipinski definition) is 1. The molecule has 5 heteroatoms. The molecule has 0 radical (unpaired) electrons. The summed E-state index contributed by atoms with van der Waals surface area (Å²) >= 11 is 3.31. The second kappa shape index (κ2) is 6.00. The Hall–Kier alpha value is -1.10. The molecule has 0 saturated heterocycles. The summed E-state index contributed by atoms with van der Waals surface area (Å²) in [4.78, 5) is 23.4. The molecule has 0 unspecified atom stereocenters. The number of nitrogens with one attached hydrogen (secondary N) is 1. The van der Waals surface area contributed by atoms with Gasteiger partial charge in [0.05, 0.1) is 0 Å². The zero-order chi connectivity index (χ0) is 13.0. The van der Waals surface area contributed by atoms with Crippen LogP contribution in [0.2, 0.25) is 0 Å². The topological polar surface area (TPSA) is 51.1 Å². The minimum atomic E-state index is -0.140. The van der Waals surface area contributed by atoms with Gasteiger partial charge in [-0.3, -0.25) is 9.59 Å². The number of amides is 1. The van der Waals surface area contributed by atoms with E-state index in [-0.39, 0.29) is 18.0 Å². The number of halogens is 1. The second-order valence-electron chi connectivity index (χ2n) is 4.47. The maximum atomic E-state index is 11.8. The molecular formula is C12H17BrN2O2. The molecule has 0 bridgehead atoms. The van der Waals surface area contributed by atoms with Crippen LogP contribution in [-0.2, 0) is 11.3 Å². The van der Waals surface area contributed by atoms with Crippen LogP contribution in [-0.4, -0.2) is 17.0 Å². The van der Waals surface area contributed by atoms with Crippen LogP contribution in [0, 0.1) is 12.8 Å². The van der Waals surface area contributed by atoms with Gasteiger partial charge in [0.15, 0.2) is 0 Å². The van der Waals surface area contributed by atoms with Crippen molar-refractivity contribution in [2.75, 3.05) is 6.54 Å². The number of carbonyl (C=O) groups excluding carboxylic acids is 1. The maximum Gasteiger partial charge on any atom is 0.253 e. The molecule has 0 fully saturated rings. The van der Waals surface area contributed by atoms with Crippen molar-refractivity contribution in [3.05, 3.63) is 32.7 Å². The molecule has 1 amide bonds. The third-order valence-corrected chi connectivity index (χ3v) is 2.69. The Balaban J connectivity index is 2.75. The van der Waals surface area contributed by atoms with Crippen molar-refractivity contribution < 1.29 is 4.79 Å². The van der Waals surface area contributed by atoms with Gasteiger partial charge in [-0.15, -0.1) is 0 Å². The van der Waals surface area contributed by atoms with E-state index in [1.165, 1.54) is 4.57 Å². The first-order valence-electron chi connectivity index (χ1n) is 5.53. The van der Waals surface area contributed by atoms with Crippen LogP contribution in [0.1, 0.15) is 19.4 Å². The average Bonchev–Trinajstić information content (AvgIpc) is 2.22. The Labute approximate surface area is 109 Å². The van der Waals surface area contributed by atoms with Crippen molar-refractivity contribution >= 4 is 21.8 Å². The summed E-state index contributed by atoms with van der Waals surface area (Å²) in [5, 5.41) is 2.78. The largest absolute Gasteiger partial charge is 0.354 e. The van der Waals surface area contributed by atoms with E-state index in [1.54, 1.807) is 19.2 Å². The number of carbonyl (C=O) groups is 1. The molecule has 0 aliphatic rings. The Kier molecular flexibility index (Phi) is 4.93. The lowest BCUT2D eigenvalue weighted by molar-refractivity contribution is -0.121. The van der Waals surface area contributed by atoms with Crippen LogP contribution >= 0.6 is 15.9 Å². The van der Waals surface area contributed by atoms with Crippen molar-refractivity contribution in [3.8, 4) is 0 Å². The third kappa shape index (κ3) is 4.34. The smallest absolute Gasteiger partial charge is 0.253 e. The Bertz CT molecular complexity index is 466. The van der Waals surface area contributed by atoms with Crippen LogP contribution in [0.3, 0.4) is 0 Å². The summed E-state index contributed by atoms with van der Waals surface area (Å²) in [5.74, 6) is 0.262. The van der Waals surface area contributed by atoms with E-state index in [0.717, 1.165) is 4.47 Å². The van der Waals surface area contributed by atoms with Crippen molar-refractivity contribution in [1.29, 1.82) is 0 Å². The van der Waals surface area contributed by atoms with Gasteiger partial charge in [-0.25, -0.2) is 0 Å². The van der Waals surface area contributed by atoms with Gasteiger partial charge in [-0.2, -0.15) is 0 Å². The summed E-state index contributed by atoms with van der Waals surface area (Å²) in [6.07, 6.45) is 1.63. The van der Waals surface area contributed by atoms with Crippen LogP contribution in [0.25, 0.3) is 0 Å². The summed E-state index contributed by atoms with van der Waals surface area (Å²) in [6, 6.07) is 1.74. The number of pyridine rings is 1. The molecule has 0 atom stereocenters. The summed E-state index contributed by atoms with van der Waals surface area (Å²) < 4.78 is 2.21. The van der Waals surface area contributed by atoms with Crippen molar-refractivity contribution in [1.82, 2.24) is 9.88 Å². The first-order chi connectivity index (χ1) is 7.90. The van der Waals surface area contributed by atoms with Crippen LogP contribution < -0.4 is 10.9 Å². The Morgan fingerprint density at radius 2 is 2.18 bits per heavy atom. The number of nitrogens with zero attached hydrogens (tertiary/aromatic N) is 1. The van der Waals surface area contributed by atoms with E-state index < -0.39 is 0 Å². The molecule has 1 aromatic rings. The molecule has 1 rings (SSSR count). The van der Waals surface area contributed by atoms with Gasteiger partial charge in [0.2, 0.25) is 5.91 Å². The first kappa shape index (κ1) is 14.0. The molecule has 0 saturated carbocycles. The van der Waals surface area contributed by atoms with Crippen LogP contribution in [0.4, 0.5) is 0 Å². The van der Waals surface area contributed by atoms with Gasteiger partial charge in [0.1, 0.15) is 6.54 Å². The van der Waals surface area contributed by atoms with Crippen LogP contribution in [0.5, 0.6) is 0 Å². The second-order valence-corrected chi connectivity index (χ2v) is 5.39. The molecule has 4 nitrogen and oxygen atoms in total. The zero-order valence-electron chi connectivity index (χ0n) is 10.3. The number of rotatable bonds is 4. The molecule has 1 N–H and O–H groups in total. The highest BCUT2D eigenvalue weighted by atomic mass is 79.9. The SMILES string of the molecule is Cc1cc(Br)cn(CC(=O)NCC(C)C)c1=O. The summed E-state index contributed by atoms with van der Waals surface area (Å²) in [7, 11) is 0. The van der Waals surface area contributed by atoms with E-state index in [4.69, 9.17) is 0 Å². The van der Waals surface area contributed by atoms with E-state index in [1.807, 2.05) is 13.8 Å². The summed E-state index contributed by atoms with van der Waals surface area (Å²) in [5.41, 5.74) is 0.490. The summed E-state index contributed by atoms with van der Waals surface area (Å²) in [6.45, 7) is 6.47. The Morgan fingerprint density at radius 1 is 1.53 bits per heavy atom. The lowest BCUT2D eigenvalue weighted by Gasteiger charge is -2.10. The van der Waals surface area contributed by atoms with Gasteiger partial charge in [-0.05, 0) is 34.8 Å². The monoisotopic (exact) mass is 300 g/mol. The molecule has 0 aliphatic heterocycles. The normalized spacial score (nSPS) is 10.6. The lowest BCUT2D eigenvalue weighted by atomic mass is 10.2. The van der Waals surface area contributed by atoms with Gasteiger partial charge >= 0.3 is 0 Å². The van der Waals surface area contributed by atoms with Gasteiger partial charge < -0.3 is 9.88 Å². The molecule has 1 heterocycles. The highest BCUT2D eigenvalue weighted by Crippen LogP contribution is 2.07. The quantitative estimate of drug-likeness (QED) is 0.920. The molecule has 0 aromatic carbocycles. The predicted octanol–water partition coefficient (Wildman–Crippen LogP) is 1.69. The van der Waals surface area contributed by atoms with E-state index in [0.29, 0.717) is 18.0 Å². The fraction of sp³-hybridized carbons (Fsp3) is 0.500. The molecule has 1 aromatic heterocycles. The van der Waals surface area contributed by atoms with Crippen LogP contribution in [0.15, 0.2) is 21.5 Å². The minimum absolute atomic E-state index is 0.0613. The number of aryl methyl sites for hydroxylation is 1. The van der Waals surface area contributed by atoms with Gasteiger partial charge in [0, 0.05) is 22.8 Å². The molecule has 0 spiro atoms. The number of hydrogen-bond acceptors (Lipinski definition) is 2. The average molecular weight is 301 g/mol. The van der Waals surface area contributed by atoms with Gasteiger partial charge in [0.25, 0.3) is 5.56 Å². The van der Waals surface area contributed by atoms with E-state index in [2.05, 4.69) is 21.2 Å². The zero-order valence-corrected chi connectivity index (χ0v) is 11.9. The fourth-order valence-corrected chi connectivity index (χ4v) is 1.98. The fourth-order valence-electron chi connectivity index (χ4n) is 1.39. The van der Waals surface area contributed by atoms with Crippen molar-refractivity contribution in [3.63, 3.8) is 0 Å². The lowest BCUT2D eigenvalue weighted by Crippen LogP contribution is -2.34. The molecular weight excluding hydrogens is 284 g/mol. The molecule has 94 valence electrons. The molecule has 17 heavy (non-hydrogen) atoms. The minimum Gasteiger partial charge on any atom is -0.354 e. The van der Waals surface area contributed by atoms with Gasteiger partial charge in [-0.1, -0.05) is 13.8 Å². The molecule has 0 aliphatic carbocycles. The Morgan fingerprint density at radius 3 is 2.76 bits per heavy atom. The predicted molar refractivity (Wildman–Crippen MR) is 71.0 cm³/mol.